The van der Waals surface area contributed by atoms with Crippen LogP contribution in [0, 0.1) is 5.92 Å². The van der Waals surface area contributed by atoms with Crippen molar-refractivity contribution in [2.45, 2.75) is 75.0 Å². The number of aliphatic carboxylic acids is 1. The fourth-order valence-electron chi connectivity index (χ4n) is 4.08. The van der Waals surface area contributed by atoms with Crippen LogP contribution in [0.15, 0.2) is 22.1 Å². The summed E-state index contributed by atoms with van der Waals surface area (Å²) in [5.41, 5.74) is 1.49. The summed E-state index contributed by atoms with van der Waals surface area (Å²) in [4.78, 5) is 30.1. The van der Waals surface area contributed by atoms with E-state index in [2.05, 4.69) is 23.3 Å². The third-order valence-corrected chi connectivity index (χ3v) is 7.87. The lowest BCUT2D eigenvalue weighted by Crippen LogP contribution is -2.45. The van der Waals surface area contributed by atoms with Crippen LogP contribution in [0.3, 0.4) is 0 Å². The first-order chi connectivity index (χ1) is 14.0. The number of aromatic nitrogens is 1. The summed E-state index contributed by atoms with van der Waals surface area (Å²) >= 11 is 2.56. The Labute approximate surface area is 181 Å². The van der Waals surface area contributed by atoms with Crippen LogP contribution in [0.5, 0.6) is 0 Å². The molecule has 3 rings (SSSR count). The standard InChI is InChI=1S/C21H31N3O3S2/c1-15-7-9-17(10-8-15)24(12-11-16-5-3-2-4-6-16)21(27)23-20-22-13-19(29-20)28-14-18(25)26/h5,13,15,17H,2-4,6-12,14H2,1H3,(H,25,26)(H,22,23,27). The van der Waals surface area contributed by atoms with Crippen LogP contribution in [0.1, 0.15) is 64.7 Å². The highest BCUT2D eigenvalue weighted by atomic mass is 32.2. The highest BCUT2D eigenvalue weighted by Crippen LogP contribution is 2.31. The molecular weight excluding hydrogens is 406 g/mol. The second-order valence-electron chi connectivity index (χ2n) is 8.06. The number of urea groups is 1. The molecule has 2 aliphatic rings. The number of thioether (sulfide) groups is 1. The lowest BCUT2D eigenvalue weighted by molar-refractivity contribution is -0.133. The van der Waals surface area contributed by atoms with Gasteiger partial charge in [-0.2, -0.15) is 0 Å². The van der Waals surface area contributed by atoms with Crippen molar-refractivity contribution >= 4 is 40.2 Å². The number of carboxylic acids is 1. The number of rotatable bonds is 8. The molecule has 0 radical (unpaired) electrons. The molecule has 160 valence electrons. The lowest BCUT2D eigenvalue weighted by atomic mass is 9.86. The van der Waals surface area contributed by atoms with Gasteiger partial charge in [0.1, 0.15) is 0 Å². The summed E-state index contributed by atoms with van der Waals surface area (Å²) in [5, 5.41) is 12.3. The first-order valence-electron chi connectivity index (χ1n) is 10.6. The zero-order chi connectivity index (χ0) is 20.6. The number of anilines is 1. The van der Waals surface area contributed by atoms with Crippen molar-refractivity contribution < 1.29 is 14.7 Å². The number of amides is 2. The van der Waals surface area contributed by atoms with Crippen LogP contribution in [-0.2, 0) is 4.79 Å². The fraction of sp³-hybridized carbons (Fsp3) is 0.667. The molecule has 0 unspecified atom stereocenters. The number of nitrogens with one attached hydrogen (secondary N) is 1. The molecule has 6 nitrogen and oxygen atoms in total. The van der Waals surface area contributed by atoms with E-state index >= 15 is 0 Å². The number of thiazole rings is 1. The van der Waals surface area contributed by atoms with Crippen molar-refractivity contribution in [2.24, 2.45) is 5.92 Å². The van der Waals surface area contributed by atoms with Gasteiger partial charge in [-0.25, -0.2) is 9.78 Å². The highest BCUT2D eigenvalue weighted by molar-refractivity contribution is 8.01. The Hall–Kier alpha value is -1.54. The van der Waals surface area contributed by atoms with E-state index in [4.69, 9.17) is 5.11 Å². The van der Waals surface area contributed by atoms with E-state index in [1.54, 1.807) is 6.20 Å². The second-order valence-corrected chi connectivity index (χ2v) is 10.4. The van der Waals surface area contributed by atoms with E-state index in [1.807, 2.05) is 4.90 Å². The predicted molar refractivity (Wildman–Crippen MR) is 119 cm³/mol. The first-order valence-corrected chi connectivity index (χ1v) is 12.4. The number of nitrogens with zero attached hydrogens (tertiary/aromatic N) is 2. The van der Waals surface area contributed by atoms with E-state index in [9.17, 15) is 9.59 Å². The van der Waals surface area contributed by atoms with Crippen molar-refractivity contribution in [1.82, 2.24) is 9.88 Å². The van der Waals surface area contributed by atoms with Crippen molar-refractivity contribution in [3.05, 3.63) is 17.8 Å². The number of allylic oxidation sites excluding steroid dienone is 1. The zero-order valence-corrected chi connectivity index (χ0v) is 18.7. The molecule has 0 spiro atoms. The van der Waals surface area contributed by atoms with Gasteiger partial charge in [0.25, 0.3) is 0 Å². The molecule has 0 bridgehead atoms. The molecule has 29 heavy (non-hydrogen) atoms. The van der Waals surface area contributed by atoms with E-state index in [-0.39, 0.29) is 17.8 Å². The van der Waals surface area contributed by atoms with Crippen LogP contribution >= 0.6 is 23.1 Å². The molecule has 2 N–H and O–H groups in total. The molecule has 1 saturated carbocycles. The summed E-state index contributed by atoms with van der Waals surface area (Å²) in [5.74, 6) is -0.120. The summed E-state index contributed by atoms with van der Waals surface area (Å²) in [7, 11) is 0. The van der Waals surface area contributed by atoms with E-state index in [1.165, 1.54) is 60.8 Å². The molecule has 8 heteroatoms. The van der Waals surface area contributed by atoms with E-state index in [0.29, 0.717) is 5.13 Å². The summed E-state index contributed by atoms with van der Waals surface area (Å²) in [6.07, 6.45) is 14.3. The maximum Gasteiger partial charge on any atom is 0.323 e. The van der Waals surface area contributed by atoms with Crippen molar-refractivity contribution in [1.29, 1.82) is 0 Å². The van der Waals surface area contributed by atoms with E-state index in [0.717, 1.165) is 42.4 Å². The normalized spacial score (nSPS) is 22.0. The Morgan fingerprint density at radius 3 is 2.79 bits per heavy atom. The molecule has 1 heterocycles. The maximum atomic E-state index is 13.1. The minimum Gasteiger partial charge on any atom is -0.481 e. The average Bonchev–Trinajstić information content (AvgIpc) is 3.16. The minimum atomic E-state index is -0.858. The molecule has 1 aromatic heterocycles. The van der Waals surface area contributed by atoms with Crippen LogP contribution in [0.25, 0.3) is 0 Å². The Morgan fingerprint density at radius 1 is 1.31 bits per heavy atom. The van der Waals surface area contributed by atoms with Crippen molar-refractivity contribution in [3.8, 4) is 0 Å². The SMILES string of the molecule is CC1CCC(N(CCC2=CCCCC2)C(=O)Nc2ncc(SCC(=O)O)s2)CC1. The van der Waals surface area contributed by atoms with Gasteiger partial charge in [0.05, 0.1) is 16.2 Å². The Morgan fingerprint density at radius 2 is 2.10 bits per heavy atom. The molecule has 0 aliphatic heterocycles. The molecule has 1 fully saturated rings. The van der Waals surface area contributed by atoms with E-state index < -0.39 is 5.97 Å². The number of hydrogen-bond acceptors (Lipinski definition) is 5. The topological polar surface area (TPSA) is 82.5 Å². The smallest absolute Gasteiger partial charge is 0.323 e. The maximum absolute atomic E-state index is 13.1. The van der Waals surface area contributed by atoms with Gasteiger partial charge >= 0.3 is 12.0 Å². The van der Waals surface area contributed by atoms with Gasteiger partial charge in [0.15, 0.2) is 5.13 Å². The Bertz CT molecular complexity index is 727. The Kier molecular flexibility index (Phi) is 8.41. The van der Waals surface area contributed by atoms with Crippen molar-refractivity contribution in [3.63, 3.8) is 0 Å². The molecular formula is C21H31N3O3S2. The molecule has 1 aromatic rings. The molecule has 0 aromatic carbocycles. The van der Waals surface area contributed by atoms with Gasteiger partial charge < -0.3 is 10.0 Å². The van der Waals surface area contributed by atoms with Crippen LogP contribution in [-0.4, -0.2) is 45.3 Å². The molecule has 2 amide bonds. The second kappa shape index (κ2) is 11.0. The lowest BCUT2D eigenvalue weighted by Gasteiger charge is -2.36. The van der Waals surface area contributed by atoms with Gasteiger partial charge in [0.2, 0.25) is 0 Å². The van der Waals surface area contributed by atoms with Crippen LogP contribution < -0.4 is 5.32 Å². The highest BCUT2D eigenvalue weighted by Gasteiger charge is 2.28. The quantitative estimate of drug-likeness (QED) is 0.407. The first kappa shape index (κ1) is 22.2. The largest absolute Gasteiger partial charge is 0.481 e. The number of hydrogen-bond donors (Lipinski definition) is 2. The minimum absolute atomic E-state index is 0.00290. The molecule has 2 aliphatic carbocycles. The molecule has 0 saturated heterocycles. The number of carbonyl (C=O) groups excluding carboxylic acids is 1. The fourth-order valence-corrected chi connectivity index (χ4v) is 5.66. The Balaban J connectivity index is 1.61. The summed E-state index contributed by atoms with van der Waals surface area (Å²) in [6.45, 7) is 3.04. The summed E-state index contributed by atoms with van der Waals surface area (Å²) < 4.78 is 0.799. The monoisotopic (exact) mass is 437 g/mol. The van der Waals surface area contributed by atoms with Crippen LogP contribution in [0.4, 0.5) is 9.93 Å². The molecule has 0 atom stereocenters. The third kappa shape index (κ3) is 7.03. The number of carbonyl (C=O) groups is 2. The average molecular weight is 438 g/mol. The van der Waals surface area contributed by atoms with Gasteiger partial charge in [-0.1, -0.05) is 29.9 Å². The summed E-state index contributed by atoms with van der Waals surface area (Å²) in [6, 6.07) is 0.210. The van der Waals surface area contributed by atoms with Gasteiger partial charge in [0, 0.05) is 12.6 Å². The predicted octanol–water partition coefficient (Wildman–Crippen LogP) is 5.62. The van der Waals surface area contributed by atoms with Crippen molar-refractivity contribution in [2.75, 3.05) is 17.6 Å². The number of carboxylic acid groups (broad SMARTS) is 1. The van der Waals surface area contributed by atoms with Gasteiger partial charge in [-0.3, -0.25) is 10.1 Å². The third-order valence-electron chi connectivity index (χ3n) is 5.78. The van der Waals surface area contributed by atoms with Gasteiger partial charge in [-0.05, 0) is 63.7 Å². The van der Waals surface area contributed by atoms with Crippen LogP contribution in [0.2, 0.25) is 0 Å². The van der Waals surface area contributed by atoms with Gasteiger partial charge in [-0.15, -0.1) is 11.8 Å². The zero-order valence-electron chi connectivity index (χ0n) is 17.1.